The first-order valence-electron chi connectivity index (χ1n) is 5.33. The molecule has 0 bridgehead atoms. The molecule has 0 saturated carbocycles. The molecule has 1 aliphatic heterocycles. The van der Waals surface area contributed by atoms with Crippen LogP contribution in [0, 0.1) is 0 Å². The lowest BCUT2D eigenvalue weighted by molar-refractivity contribution is -0.121. The Balaban J connectivity index is 2.20. The third-order valence-corrected chi connectivity index (χ3v) is 3.00. The Bertz CT molecular complexity index is 326. The molecular weight excluding hydrogens is 188 g/mol. The summed E-state index contributed by atoms with van der Waals surface area (Å²) in [6.07, 6.45) is 2.70. The first-order chi connectivity index (χ1) is 7.31. The van der Waals surface area contributed by atoms with Gasteiger partial charge in [-0.15, -0.1) is 0 Å². The topological polar surface area (TPSA) is 46.3 Å². The fraction of sp³-hybridized carbons (Fsp3) is 0.417. The Kier molecular flexibility index (Phi) is 3.02. The van der Waals surface area contributed by atoms with Crippen LogP contribution >= 0.6 is 0 Å². The third-order valence-electron chi connectivity index (χ3n) is 3.00. The number of benzene rings is 1. The van der Waals surface area contributed by atoms with Crippen molar-refractivity contribution in [2.75, 3.05) is 6.54 Å². The molecule has 1 aromatic carbocycles. The maximum atomic E-state index is 10.9. The number of rotatable bonds is 2. The fourth-order valence-electron chi connectivity index (χ4n) is 2.14. The van der Waals surface area contributed by atoms with Crippen molar-refractivity contribution in [1.29, 1.82) is 0 Å². The number of nitrogens with zero attached hydrogens (tertiary/aromatic N) is 1. The van der Waals surface area contributed by atoms with Crippen LogP contribution in [0.3, 0.4) is 0 Å². The summed E-state index contributed by atoms with van der Waals surface area (Å²) in [7, 11) is 0. The van der Waals surface area contributed by atoms with Crippen LogP contribution in [0.5, 0.6) is 0 Å². The zero-order chi connectivity index (χ0) is 10.7. The zero-order valence-electron chi connectivity index (χ0n) is 8.67. The smallest absolute Gasteiger partial charge is 0.210 e. The van der Waals surface area contributed by atoms with Crippen molar-refractivity contribution < 1.29 is 4.79 Å². The zero-order valence-corrected chi connectivity index (χ0v) is 8.67. The third kappa shape index (κ3) is 2.18. The van der Waals surface area contributed by atoms with Gasteiger partial charge in [0.1, 0.15) is 0 Å². The molecule has 1 fully saturated rings. The predicted octanol–water partition coefficient (Wildman–Crippen LogP) is 1.31. The molecule has 2 rings (SSSR count). The molecule has 0 aromatic heterocycles. The van der Waals surface area contributed by atoms with Crippen molar-refractivity contribution in [1.82, 2.24) is 4.90 Å². The van der Waals surface area contributed by atoms with E-state index in [1.165, 1.54) is 5.56 Å². The van der Waals surface area contributed by atoms with Crippen LogP contribution in [0.1, 0.15) is 24.4 Å². The van der Waals surface area contributed by atoms with Gasteiger partial charge in [-0.2, -0.15) is 0 Å². The second-order valence-corrected chi connectivity index (χ2v) is 4.05. The van der Waals surface area contributed by atoms with Crippen LogP contribution in [-0.4, -0.2) is 23.9 Å². The summed E-state index contributed by atoms with van der Waals surface area (Å²) in [5.74, 6) is 0. The summed E-state index contributed by atoms with van der Waals surface area (Å²) in [6, 6.07) is 10.5. The van der Waals surface area contributed by atoms with Crippen LogP contribution in [0.2, 0.25) is 0 Å². The van der Waals surface area contributed by atoms with Crippen molar-refractivity contribution in [3.05, 3.63) is 35.9 Å². The van der Waals surface area contributed by atoms with Crippen LogP contribution in [0.25, 0.3) is 0 Å². The van der Waals surface area contributed by atoms with Gasteiger partial charge in [-0.05, 0) is 18.4 Å². The largest absolute Gasteiger partial charge is 0.338 e. The SMILES string of the molecule is NC1CCN(C=O)C(c2ccccc2)C1. The molecule has 0 aliphatic carbocycles. The van der Waals surface area contributed by atoms with Crippen LogP contribution in [0.4, 0.5) is 0 Å². The second kappa shape index (κ2) is 4.45. The van der Waals surface area contributed by atoms with Crippen LogP contribution in [-0.2, 0) is 4.79 Å². The monoisotopic (exact) mass is 204 g/mol. The van der Waals surface area contributed by atoms with Gasteiger partial charge in [-0.1, -0.05) is 30.3 Å². The molecule has 1 heterocycles. The summed E-state index contributed by atoms with van der Waals surface area (Å²) in [5.41, 5.74) is 7.12. The number of hydrogen-bond acceptors (Lipinski definition) is 2. The van der Waals surface area contributed by atoms with Gasteiger partial charge in [0.25, 0.3) is 0 Å². The minimum Gasteiger partial charge on any atom is -0.338 e. The molecule has 0 spiro atoms. The molecule has 80 valence electrons. The minimum atomic E-state index is 0.160. The van der Waals surface area contributed by atoms with Crippen molar-refractivity contribution in [3.8, 4) is 0 Å². The van der Waals surface area contributed by atoms with E-state index in [1.54, 1.807) is 0 Å². The highest BCUT2D eigenvalue weighted by atomic mass is 16.1. The standard InChI is InChI=1S/C12H16N2O/c13-11-6-7-14(9-15)12(8-11)10-4-2-1-3-5-10/h1-5,9,11-12H,6-8,13H2. The van der Waals surface area contributed by atoms with E-state index in [0.717, 1.165) is 25.8 Å². The van der Waals surface area contributed by atoms with Crippen LogP contribution in [0.15, 0.2) is 30.3 Å². The second-order valence-electron chi connectivity index (χ2n) is 4.05. The Morgan fingerprint density at radius 3 is 2.73 bits per heavy atom. The summed E-state index contributed by atoms with van der Waals surface area (Å²) < 4.78 is 0. The quantitative estimate of drug-likeness (QED) is 0.738. The normalized spacial score (nSPS) is 26.3. The van der Waals surface area contributed by atoms with Crippen molar-refractivity contribution in [2.45, 2.75) is 24.9 Å². The lowest BCUT2D eigenvalue weighted by atomic mass is 9.93. The lowest BCUT2D eigenvalue weighted by Crippen LogP contribution is -2.41. The van der Waals surface area contributed by atoms with Gasteiger partial charge in [0.05, 0.1) is 6.04 Å². The van der Waals surface area contributed by atoms with Gasteiger partial charge < -0.3 is 10.6 Å². The lowest BCUT2D eigenvalue weighted by Gasteiger charge is -2.36. The number of nitrogens with two attached hydrogens (primary N) is 1. The Morgan fingerprint density at radius 1 is 1.33 bits per heavy atom. The average molecular weight is 204 g/mol. The van der Waals surface area contributed by atoms with Gasteiger partial charge in [0.2, 0.25) is 6.41 Å². The molecule has 1 aliphatic rings. The summed E-state index contributed by atoms with van der Waals surface area (Å²) in [6.45, 7) is 0.768. The van der Waals surface area contributed by atoms with E-state index < -0.39 is 0 Å². The van der Waals surface area contributed by atoms with Gasteiger partial charge in [0.15, 0.2) is 0 Å². The van der Waals surface area contributed by atoms with Gasteiger partial charge >= 0.3 is 0 Å². The van der Waals surface area contributed by atoms with E-state index in [2.05, 4.69) is 12.1 Å². The number of likely N-dealkylation sites (tertiary alicyclic amines) is 1. The average Bonchev–Trinajstić information content (AvgIpc) is 2.30. The molecule has 1 aromatic rings. The van der Waals surface area contributed by atoms with E-state index in [1.807, 2.05) is 23.1 Å². The predicted molar refractivity (Wildman–Crippen MR) is 59.2 cm³/mol. The van der Waals surface area contributed by atoms with E-state index >= 15 is 0 Å². The first-order valence-corrected chi connectivity index (χ1v) is 5.33. The number of carbonyl (C=O) groups excluding carboxylic acids is 1. The molecule has 1 amide bonds. The highest BCUT2D eigenvalue weighted by Gasteiger charge is 2.26. The number of hydrogen-bond donors (Lipinski definition) is 1. The Morgan fingerprint density at radius 2 is 2.07 bits per heavy atom. The summed E-state index contributed by atoms with van der Waals surface area (Å²) in [5, 5.41) is 0. The Hall–Kier alpha value is -1.35. The molecule has 3 nitrogen and oxygen atoms in total. The number of piperidine rings is 1. The maximum Gasteiger partial charge on any atom is 0.210 e. The molecule has 15 heavy (non-hydrogen) atoms. The van der Waals surface area contributed by atoms with Gasteiger partial charge in [0, 0.05) is 12.6 Å². The van der Waals surface area contributed by atoms with Crippen molar-refractivity contribution in [3.63, 3.8) is 0 Å². The molecule has 0 radical (unpaired) electrons. The molecule has 2 unspecified atom stereocenters. The fourth-order valence-corrected chi connectivity index (χ4v) is 2.14. The van der Waals surface area contributed by atoms with E-state index in [4.69, 9.17) is 5.73 Å². The van der Waals surface area contributed by atoms with E-state index in [9.17, 15) is 4.79 Å². The van der Waals surface area contributed by atoms with Gasteiger partial charge in [-0.3, -0.25) is 4.79 Å². The maximum absolute atomic E-state index is 10.9. The van der Waals surface area contributed by atoms with E-state index in [-0.39, 0.29) is 12.1 Å². The number of carbonyl (C=O) groups is 1. The molecule has 2 atom stereocenters. The highest BCUT2D eigenvalue weighted by Crippen LogP contribution is 2.28. The summed E-state index contributed by atoms with van der Waals surface area (Å²) in [4.78, 5) is 12.8. The van der Waals surface area contributed by atoms with Crippen molar-refractivity contribution >= 4 is 6.41 Å². The minimum absolute atomic E-state index is 0.160. The molecule has 2 N–H and O–H groups in total. The first kappa shape index (κ1) is 10.2. The number of amides is 1. The summed E-state index contributed by atoms with van der Waals surface area (Å²) >= 11 is 0. The Labute approximate surface area is 89.9 Å². The highest BCUT2D eigenvalue weighted by molar-refractivity contribution is 5.49. The molecule has 3 heteroatoms. The molecular formula is C12H16N2O. The van der Waals surface area contributed by atoms with Gasteiger partial charge in [-0.25, -0.2) is 0 Å². The van der Waals surface area contributed by atoms with Crippen molar-refractivity contribution in [2.24, 2.45) is 5.73 Å². The van der Waals surface area contributed by atoms with E-state index in [0.29, 0.717) is 0 Å². The van der Waals surface area contributed by atoms with Crippen LogP contribution < -0.4 is 5.73 Å². The molecule has 1 saturated heterocycles.